The van der Waals surface area contributed by atoms with Crippen LogP contribution in [0.2, 0.25) is 0 Å². The van der Waals surface area contributed by atoms with Crippen LogP contribution in [0.5, 0.6) is 5.75 Å². The van der Waals surface area contributed by atoms with Gasteiger partial charge in [0.05, 0.1) is 6.61 Å². The summed E-state index contributed by atoms with van der Waals surface area (Å²) in [5, 5.41) is 0. The second-order valence-electron chi connectivity index (χ2n) is 4.59. The largest absolute Gasteiger partial charge is 0.489 e. The predicted molar refractivity (Wildman–Crippen MR) is 76.5 cm³/mol. The zero-order chi connectivity index (χ0) is 14.5. The van der Waals surface area contributed by atoms with Crippen molar-refractivity contribution in [1.29, 1.82) is 0 Å². The fourth-order valence-electron chi connectivity index (χ4n) is 2.03. The van der Waals surface area contributed by atoms with Crippen LogP contribution in [0.15, 0.2) is 18.2 Å². The number of hydrogen-bond acceptors (Lipinski definition) is 5. The minimum absolute atomic E-state index is 0.00574. The van der Waals surface area contributed by atoms with Crippen molar-refractivity contribution in [3.63, 3.8) is 0 Å². The van der Waals surface area contributed by atoms with Gasteiger partial charge in [-0.25, -0.2) is 4.39 Å². The molecule has 20 heavy (non-hydrogen) atoms. The summed E-state index contributed by atoms with van der Waals surface area (Å²) < 4.78 is 23.6. The van der Waals surface area contributed by atoms with Crippen LogP contribution in [0.1, 0.15) is 12.5 Å². The van der Waals surface area contributed by atoms with Gasteiger partial charge in [-0.15, -0.1) is 0 Å². The molecule has 0 saturated heterocycles. The highest BCUT2D eigenvalue weighted by Crippen LogP contribution is 2.30. The topological polar surface area (TPSA) is 61.5 Å². The Morgan fingerprint density at radius 1 is 1.65 bits per heavy atom. The van der Waals surface area contributed by atoms with Gasteiger partial charge in [-0.2, -0.15) is 11.8 Å². The lowest BCUT2D eigenvalue weighted by Gasteiger charge is -2.13. The Labute approximate surface area is 121 Å². The van der Waals surface area contributed by atoms with Crippen LogP contribution in [-0.2, 0) is 16.0 Å². The van der Waals surface area contributed by atoms with Crippen molar-refractivity contribution >= 4 is 17.7 Å². The van der Waals surface area contributed by atoms with Crippen molar-refractivity contribution < 1.29 is 18.7 Å². The van der Waals surface area contributed by atoms with E-state index in [-0.39, 0.29) is 17.9 Å². The summed E-state index contributed by atoms with van der Waals surface area (Å²) in [6, 6.07) is 3.94. The number of hydrogen-bond donors (Lipinski definition) is 1. The number of thioether (sulfide) groups is 1. The fourth-order valence-corrected chi connectivity index (χ4v) is 3.00. The molecular formula is C14H18FNO3S. The molecule has 2 rings (SSSR count). The minimum Gasteiger partial charge on any atom is -0.489 e. The Kier molecular flexibility index (Phi) is 5.25. The number of esters is 1. The second-order valence-corrected chi connectivity index (χ2v) is 5.67. The van der Waals surface area contributed by atoms with Crippen molar-refractivity contribution in [3.8, 4) is 5.75 Å². The minimum atomic E-state index is -0.610. The maximum absolute atomic E-state index is 13.1. The molecule has 1 aliphatic rings. The molecule has 0 aromatic heterocycles. The van der Waals surface area contributed by atoms with Crippen LogP contribution in [-0.4, -0.2) is 36.2 Å². The van der Waals surface area contributed by atoms with Crippen molar-refractivity contribution in [3.05, 3.63) is 29.6 Å². The Balaban J connectivity index is 1.73. The van der Waals surface area contributed by atoms with E-state index < -0.39 is 6.04 Å². The molecular weight excluding hydrogens is 281 g/mol. The normalized spacial score (nSPS) is 18.2. The molecule has 2 atom stereocenters. The monoisotopic (exact) mass is 299 g/mol. The number of fused-ring (bicyclic) bond motifs is 1. The molecule has 0 bridgehead atoms. The molecule has 0 amide bonds. The van der Waals surface area contributed by atoms with Crippen molar-refractivity contribution in [2.75, 3.05) is 18.1 Å². The lowest BCUT2D eigenvalue weighted by atomic mass is 10.1. The van der Waals surface area contributed by atoms with E-state index in [1.165, 1.54) is 12.1 Å². The van der Waals surface area contributed by atoms with E-state index >= 15 is 0 Å². The van der Waals surface area contributed by atoms with Crippen LogP contribution in [0, 0.1) is 5.82 Å². The third-order valence-corrected chi connectivity index (χ3v) is 4.16. The first kappa shape index (κ1) is 15.1. The Morgan fingerprint density at radius 2 is 2.45 bits per heavy atom. The van der Waals surface area contributed by atoms with Crippen molar-refractivity contribution in [1.82, 2.24) is 0 Å². The molecule has 1 aliphatic heterocycles. The number of carbonyl (C=O) groups excluding carboxylic acids is 1. The molecule has 110 valence electrons. The average molecular weight is 299 g/mol. The van der Waals surface area contributed by atoms with E-state index in [0.717, 1.165) is 11.3 Å². The third-order valence-electron chi connectivity index (χ3n) is 2.95. The van der Waals surface area contributed by atoms with E-state index in [1.807, 2.05) is 0 Å². The zero-order valence-corrected chi connectivity index (χ0v) is 12.1. The average Bonchev–Trinajstić information content (AvgIpc) is 2.80. The van der Waals surface area contributed by atoms with Gasteiger partial charge in [-0.05, 0) is 25.1 Å². The molecule has 0 fully saturated rings. The number of ether oxygens (including phenoxy) is 2. The van der Waals surface area contributed by atoms with Crippen molar-refractivity contribution in [2.24, 2.45) is 5.73 Å². The number of nitrogens with two attached hydrogens (primary N) is 1. The molecule has 0 spiro atoms. The summed E-state index contributed by atoms with van der Waals surface area (Å²) in [6.07, 6.45) is 0.695. The molecule has 0 radical (unpaired) electrons. The third kappa shape index (κ3) is 3.86. The van der Waals surface area contributed by atoms with Gasteiger partial charge in [0.15, 0.2) is 0 Å². The van der Waals surface area contributed by atoms with Gasteiger partial charge in [-0.1, -0.05) is 0 Å². The number of carbonyl (C=O) groups is 1. The first-order valence-electron chi connectivity index (χ1n) is 6.55. The highest BCUT2D eigenvalue weighted by molar-refractivity contribution is 7.99. The number of rotatable bonds is 6. The molecule has 1 aromatic rings. The lowest BCUT2D eigenvalue weighted by molar-refractivity contribution is -0.144. The highest BCUT2D eigenvalue weighted by Gasteiger charge is 2.24. The van der Waals surface area contributed by atoms with Gasteiger partial charge < -0.3 is 15.2 Å². The molecule has 0 saturated carbocycles. The maximum Gasteiger partial charge on any atom is 0.323 e. The number of halogens is 1. The van der Waals surface area contributed by atoms with Gasteiger partial charge >= 0.3 is 5.97 Å². The predicted octanol–water partition coefficient (Wildman–Crippen LogP) is 1.75. The van der Waals surface area contributed by atoms with Crippen molar-refractivity contribution in [2.45, 2.75) is 25.5 Å². The number of benzene rings is 1. The van der Waals surface area contributed by atoms with Crippen LogP contribution < -0.4 is 10.5 Å². The van der Waals surface area contributed by atoms with E-state index in [1.54, 1.807) is 24.8 Å². The molecule has 4 nitrogen and oxygen atoms in total. The zero-order valence-electron chi connectivity index (χ0n) is 11.3. The maximum atomic E-state index is 13.1. The van der Waals surface area contributed by atoms with E-state index in [0.29, 0.717) is 24.5 Å². The summed E-state index contributed by atoms with van der Waals surface area (Å²) in [5.41, 5.74) is 6.60. The van der Waals surface area contributed by atoms with Gasteiger partial charge in [0.1, 0.15) is 23.7 Å². The summed E-state index contributed by atoms with van der Waals surface area (Å²) in [4.78, 5) is 11.4. The molecule has 2 N–H and O–H groups in total. The van der Waals surface area contributed by atoms with Gasteiger partial charge in [-0.3, -0.25) is 4.79 Å². The van der Waals surface area contributed by atoms with Gasteiger partial charge in [0.2, 0.25) is 0 Å². The Bertz CT molecular complexity index is 483. The van der Waals surface area contributed by atoms with Crippen LogP contribution >= 0.6 is 11.8 Å². The SMILES string of the molecule is CCOC(=O)C(N)CSCC1Cc2cc(F)ccc2O1. The summed E-state index contributed by atoms with van der Waals surface area (Å²) in [7, 11) is 0. The Hall–Kier alpha value is -1.27. The first-order chi connectivity index (χ1) is 9.60. The summed E-state index contributed by atoms with van der Waals surface area (Å²) >= 11 is 1.54. The molecule has 6 heteroatoms. The van der Waals surface area contributed by atoms with Crippen LogP contribution in [0.4, 0.5) is 4.39 Å². The second kappa shape index (κ2) is 6.95. The Morgan fingerprint density at radius 3 is 3.20 bits per heavy atom. The van der Waals surface area contributed by atoms with E-state index in [9.17, 15) is 9.18 Å². The molecule has 0 aliphatic carbocycles. The van der Waals surface area contributed by atoms with Crippen LogP contribution in [0.3, 0.4) is 0 Å². The van der Waals surface area contributed by atoms with E-state index in [2.05, 4.69) is 0 Å². The standard InChI is InChI=1S/C14H18FNO3S/c1-2-18-14(17)12(16)8-20-7-11-6-9-5-10(15)3-4-13(9)19-11/h3-5,11-12H,2,6-8,16H2,1H3. The quantitative estimate of drug-likeness (QED) is 0.811. The smallest absolute Gasteiger partial charge is 0.323 e. The van der Waals surface area contributed by atoms with Gasteiger partial charge in [0.25, 0.3) is 0 Å². The highest BCUT2D eigenvalue weighted by atomic mass is 32.2. The van der Waals surface area contributed by atoms with E-state index in [4.69, 9.17) is 15.2 Å². The molecule has 2 unspecified atom stereocenters. The summed E-state index contributed by atoms with van der Waals surface area (Å²) in [6.45, 7) is 2.09. The van der Waals surface area contributed by atoms with Gasteiger partial charge in [0, 0.05) is 23.5 Å². The first-order valence-corrected chi connectivity index (χ1v) is 7.70. The summed E-state index contributed by atoms with van der Waals surface area (Å²) in [5.74, 6) is 1.32. The van der Waals surface area contributed by atoms with Crippen LogP contribution in [0.25, 0.3) is 0 Å². The molecule has 1 heterocycles. The fraction of sp³-hybridized carbons (Fsp3) is 0.500. The molecule has 1 aromatic carbocycles. The lowest BCUT2D eigenvalue weighted by Crippen LogP contribution is -2.35.